The highest BCUT2D eigenvalue weighted by Crippen LogP contribution is 2.37. The fourth-order valence-corrected chi connectivity index (χ4v) is 7.14. The Morgan fingerprint density at radius 3 is 1.38 bits per heavy atom. The minimum absolute atomic E-state index is 0.0504. The summed E-state index contributed by atoms with van der Waals surface area (Å²) in [5, 5.41) is 0. The fraction of sp³-hybridized carbons (Fsp3) is 0.467. The molecular formula is C45H54O7. The highest BCUT2D eigenvalue weighted by atomic mass is 16.6. The van der Waals surface area contributed by atoms with Crippen LogP contribution in [0.2, 0.25) is 0 Å². The molecule has 3 saturated heterocycles. The van der Waals surface area contributed by atoms with E-state index >= 15 is 0 Å². The van der Waals surface area contributed by atoms with Crippen LogP contribution < -0.4 is 18.9 Å². The molecule has 4 aromatic rings. The smallest absolute Gasteiger partial charge is 0.132 e. The molecule has 0 amide bonds. The maximum absolute atomic E-state index is 6.51. The second-order valence-corrected chi connectivity index (χ2v) is 16.6. The Labute approximate surface area is 309 Å². The predicted molar refractivity (Wildman–Crippen MR) is 203 cm³/mol. The van der Waals surface area contributed by atoms with Gasteiger partial charge in [0.25, 0.3) is 0 Å². The summed E-state index contributed by atoms with van der Waals surface area (Å²) in [7, 11) is 0. The molecule has 4 aromatic carbocycles. The molecule has 7 nitrogen and oxygen atoms in total. The first kappa shape index (κ1) is 36.3. The van der Waals surface area contributed by atoms with Crippen molar-refractivity contribution in [3.8, 4) is 23.0 Å². The standard InChI is InChI=1S/C45H54O7/c1-42(2,24-39-26-48-39)51-37-20-12-33(13-21-37)43(3,4)31-8-16-35(17-9-31)46-27-40-25-45(7,30-50-40)52-38-22-14-34(15-23-38)44(5,6)32-10-18-36(19-11-32)47-28-41-29-49-41/h8-23,39-41H,24-30H2,1-7H3. The first-order chi connectivity index (χ1) is 24.8. The van der Waals surface area contributed by atoms with E-state index in [1.165, 1.54) is 22.3 Å². The van der Waals surface area contributed by atoms with E-state index in [9.17, 15) is 0 Å². The van der Waals surface area contributed by atoms with Crippen LogP contribution in [0.3, 0.4) is 0 Å². The molecule has 4 unspecified atom stereocenters. The van der Waals surface area contributed by atoms with E-state index in [0.717, 1.165) is 49.1 Å². The molecule has 0 aliphatic carbocycles. The molecule has 0 spiro atoms. The van der Waals surface area contributed by atoms with Crippen molar-refractivity contribution in [3.05, 3.63) is 119 Å². The third kappa shape index (κ3) is 8.94. The van der Waals surface area contributed by atoms with Crippen LogP contribution in [0.5, 0.6) is 23.0 Å². The molecule has 7 rings (SSSR count). The molecule has 0 radical (unpaired) electrons. The third-order valence-corrected chi connectivity index (χ3v) is 10.7. The number of ether oxygens (including phenoxy) is 7. The van der Waals surface area contributed by atoms with Crippen molar-refractivity contribution in [1.29, 1.82) is 0 Å². The molecule has 3 fully saturated rings. The lowest BCUT2D eigenvalue weighted by molar-refractivity contribution is 0.0410. The molecule has 0 N–H and O–H groups in total. The summed E-state index contributed by atoms with van der Waals surface area (Å²) in [6.45, 7) is 18.6. The first-order valence-corrected chi connectivity index (χ1v) is 18.7. The molecule has 3 aliphatic heterocycles. The zero-order valence-electron chi connectivity index (χ0n) is 31.8. The van der Waals surface area contributed by atoms with Crippen LogP contribution in [0.25, 0.3) is 0 Å². The van der Waals surface area contributed by atoms with Gasteiger partial charge in [0.1, 0.15) is 53.5 Å². The van der Waals surface area contributed by atoms with E-state index < -0.39 is 5.60 Å². The van der Waals surface area contributed by atoms with Crippen molar-refractivity contribution in [2.75, 3.05) is 33.0 Å². The summed E-state index contributed by atoms with van der Waals surface area (Å²) in [4.78, 5) is 0. The van der Waals surface area contributed by atoms with E-state index in [2.05, 4.69) is 133 Å². The second-order valence-electron chi connectivity index (χ2n) is 16.6. The van der Waals surface area contributed by atoms with Crippen LogP contribution in [0.1, 0.15) is 83.6 Å². The van der Waals surface area contributed by atoms with Crippen LogP contribution in [-0.2, 0) is 25.0 Å². The van der Waals surface area contributed by atoms with Crippen LogP contribution in [0.15, 0.2) is 97.1 Å². The van der Waals surface area contributed by atoms with Crippen molar-refractivity contribution in [1.82, 2.24) is 0 Å². The SMILES string of the molecule is CC(C)(CC1CO1)Oc1ccc(C(C)(C)c2ccc(OCC3CC(C)(Oc4ccc(C(C)(C)c5ccc(OCC6CO6)cc5)cc4)CO3)cc2)cc1. The number of benzene rings is 4. The summed E-state index contributed by atoms with van der Waals surface area (Å²) < 4.78 is 41.6. The highest BCUT2D eigenvalue weighted by Gasteiger charge is 2.39. The largest absolute Gasteiger partial charge is 0.491 e. The zero-order valence-corrected chi connectivity index (χ0v) is 31.8. The van der Waals surface area contributed by atoms with E-state index in [1.807, 2.05) is 12.1 Å². The Morgan fingerprint density at radius 1 is 0.538 bits per heavy atom. The predicted octanol–water partition coefficient (Wildman–Crippen LogP) is 9.07. The van der Waals surface area contributed by atoms with Crippen molar-refractivity contribution >= 4 is 0 Å². The quantitative estimate of drug-likeness (QED) is 0.108. The second kappa shape index (κ2) is 14.4. The molecule has 4 atom stereocenters. The number of epoxide rings is 2. The van der Waals surface area contributed by atoms with Gasteiger partial charge in [0.05, 0.1) is 32.0 Å². The van der Waals surface area contributed by atoms with E-state index in [0.29, 0.717) is 25.9 Å². The highest BCUT2D eigenvalue weighted by molar-refractivity contribution is 5.43. The molecular weight excluding hydrogens is 652 g/mol. The maximum atomic E-state index is 6.51. The Balaban J connectivity index is 0.884. The van der Waals surface area contributed by atoms with Gasteiger partial charge in [0, 0.05) is 23.7 Å². The van der Waals surface area contributed by atoms with Crippen LogP contribution in [-0.4, -0.2) is 62.5 Å². The van der Waals surface area contributed by atoms with Crippen molar-refractivity contribution in [2.45, 2.75) is 102 Å². The van der Waals surface area contributed by atoms with Gasteiger partial charge in [-0.15, -0.1) is 0 Å². The summed E-state index contributed by atoms with van der Waals surface area (Å²) in [6, 6.07) is 33.7. The summed E-state index contributed by atoms with van der Waals surface area (Å²) in [5.74, 6) is 3.42. The Morgan fingerprint density at radius 2 is 0.942 bits per heavy atom. The van der Waals surface area contributed by atoms with Gasteiger partial charge < -0.3 is 33.2 Å². The first-order valence-electron chi connectivity index (χ1n) is 18.7. The Kier molecular flexibility index (Phi) is 10.1. The van der Waals surface area contributed by atoms with Crippen LogP contribution >= 0.6 is 0 Å². The van der Waals surface area contributed by atoms with Crippen molar-refractivity contribution in [3.63, 3.8) is 0 Å². The fourth-order valence-electron chi connectivity index (χ4n) is 7.14. The number of rotatable bonds is 16. The average Bonchev–Trinajstić information content (AvgIpc) is 4.07. The molecule has 7 heteroatoms. The monoisotopic (exact) mass is 706 g/mol. The lowest BCUT2D eigenvalue weighted by atomic mass is 9.78. The Bertz CT molecular complexity index is 1770. The van der Waals surface area contributed by atoms with Crippen LogP contribution in [0, 0.1) is 0 Å². The summed E-state index contributed by atoms with van der Waals surface area (Å²) in [6.07, 6.45) is 2.17. The van der Waals surface area contributed by atoms with Gasteiger partial charge in [-0.1, -0.05) is 76.2 Å². The molecule has 52 heavy (non-hydrogen) atoms. The molecule has 276 valence electrons. The minimum atomic E-state index is -0.428. The zero-order chi connectivity index (χ0) is 36.6. The molecule has 0 aromatic heterocycles. The average molecular weight is 707 g/mol. The maximum Gasteiger partial charge on any atom is 0.132 e. The van der Waals surface area contributed by atoms with E-state index in [-0.39, 0.29) is 28.6 Å². The topological polar surface area (TPSA) is 71.2 Å². The number of hydrogen-bond donors (Lipinski definition) is 0. The van der Waals surface area contributed by atoms with Crippen LogP contribution in [0.4, 0.5) is 0 Å². The molecule has 3 heterocycles. The van der Waals surface area contributed by atoms with Gasteiger partial charge in [-0.05, 0) is 91.6 Å². The molecule has 0 saturated carbocycles. The summed E-state index contributed by atoms with van der Waals surface area (Å²) in [5.41, 5.74) is 3.85. The Hall–Kier alpha value is -4.04. The molecule has 0 bridgehead atoms. The van der Waals surface area contributed by atoms with Gasteiger partial charge >= 0.3 is 0 Å². The molecule has 3 aliphatic rings. The van der Waals surface area contributed by atoms with E-state index in [4.69, 9.17) is 33.2 Å². The van der Waals surface area contributed by atoms with Gasteiger partial charge in [-0.25, -0.2) is 0 Å². The third-order valence-electron chi connectivity index (χ3n) is 10.7. The van der Waals surface area contributed by atoms with Crippen molar-refractivity contribution < 1.29 is 33.2 Å². The van der Waals surface area contributed by atoms with Gasteiger partial charge in [-0.2, -0.15) is 0 Å². The summed E-state index contributed by atoms with van der Waals surface area (Å²) >= 11 is 0. The van der Waals surface area contributed by atoms with Gasteiger partial charge in [-0.3, -0.25) is 0 Å². The lowest BCUT2D eigenvalue weighted by Gasteiger charge is -2.28. The van der Waals surface area contributed by atoms with Gasteiger partial charge in [0.15, 0.2) is 0 Å². The van der Waals surface area contributed by atoms with Crippen molar-refractivity contribution in [2.24, 2.45) is 0 Å². The normalized spacial score (nSPS) is 22.9. The van der Waals surface area contributed by atoms with Gasteiger partial charge in [0.2, 0.25) is 0 Å². The number of hydrogen-bond acceptors (Lipinski definition) is 7. The lowest BCUT2D eigenvalue weighted by Crippen LogP contribution is -2.33. The minimum Gasteiger partial charge on any atom is -0.491 e. The van der Waals surface area contributed by atoms with E-state index in [1.54, 1.807) is 0 Å².